The quantitative estimate of drug-likeness (QED) is 0.761. The molecule has 25 heavy (non-hydrogen) atoms. The molecule has 3 rings (SSSR count). The van der Waals surface area contributed by atoms with E-state index in [1.165, 1.54) is 18.2 Å². The van der Waals surface area contributed by atoms with Crippen LogP contribution in [0.15, 0.2) is 47.4 Å². The Bertz CT molecular complexity index is 894. The number of nitrogens with one attached hydrogen (secondary N) is 2. The van der Waals surface area contributed by atoms with Crippen LogP contribution < -0.4 is 15.8 Å². The molecule has 0 atom stereocenters. The summed E-state index contributed by atoms with van der Waals surface area (Å²) in [4.78, 5) is 11.9. The summed E-state index contributed by atoms with van der Waals surface area (Å²) in [5, 5.41) is 10.2. The molecule has 6 nitrogen and oxygen atoms in total. The van der Waals surface area contributed by atoms with Crippen molar-refractivity contribution in [3.8, 4) is 0 Å². The summed E-state index contributed by atoms with van der Waals surface area (Å²) in [6, 6.07) is 10.1. The molecule has 132 valence electrons. The maximum atomic E-state index is 13.9. The monoisotopic (exact) mass is 363 g/mol. The smallest absolute Gasteiger partial charge is 0.319 e. The average molecular weight is 363 g/mol. The summed E-state index contributed by atoms with van der Waals surface area (Å²) < 4.78 is 36.3. The fraction of sp³-hybridized carbons (Fsp3) is 0.235. The Morgan fingerprint density at radius 1 is 1.16 bits per heavy atom. The molecule has 0 aromatic heterocycles. The van der Waals surface area contributed by atoms with E-state index in [0.29, 0.717) is 22.7 Å². The number of benzene rings is 2. The number of rotatable bonds is 5. The van der Waals surface area contributed by atoms with Gasteiger partial charge in [0, 0.05) is 12.2 Å². The zero-order valence-corrected chi connectivity index (χ0v) is 14.1. The van der Waals surface area contributed by atoms with Gasteiger partial charge < -0.3 is 10.6 Å². The third kappa shape index (κ3) is 4.55. The van der Waals surface area contributed by atoms with Crippen LogP contribution in [-0.2, 0) is 16.6 Å². The van der Waals surface area contributed by atoms with Gasteiger partial charge in [0.1, 0.15) is 5.82 Å². The molecule has 4 N–H and O–H groups in total. The van der Waals surface area contributed by atoms with E-state index >= 15 is 0 Å². The molecule has 8 heteroatoms. The molecule has 2 aromatic rings. The molecule has 0 spiro atoms. The van der Waals surface area contributed by atoms with E-state index in [0.717, 1.165) is 12.8 Å². The number of hydrogen-bond acceptors (Lipinski definition) is 3. The number of carbonyl (C=O) groups excluding carboxylic acids is 1. The third-order valence-electron chi connectivity index (χ3n) is 3.98. The van der Waals surface area contributed by atoms with Gasteiger partial charge >= 0.3 is 6.03 Å². The van der Waals surface area contributed by atoms with Crippen molar-refractivity contribution >= 4 is 21.7 Å². The van der Waals surface area contributed by atoms with Gasteiger partial charge in [0.05, 0.1) is 4.90 Å². The molecule has 2 amide bonds. The van der Waals surface area contributed by atoms with E-state index in [1.54, 1.807) is 24.3 Å². The maximum absolute atomic E-state index is 13.9. The van der Waals surface area contributed by atoms with E-state index in [4.69, 9.17) is 5.14 Å². The highest BCUT2D eigenvalue weighted by Gasteiger charge is 2.26. The number of nitrogens with two attached hydrogens (primary N) is 1. The van der Waals surface area contributed by atoms with Gasteiger partial charge in [0.15, 0.2) is 0 Å². The highest BCUT2D eigenvalue weighted by Crippen LogP contribution is 2.41. The van der Waals surface area contributed by atoms with Crippen LogP contribution in [0.3, 0.4) is 0 Å². The normalized spacial score (nSPS) is 14.2. The van der Waals surface area contributed by atoms with Crippen LogP contribution in [0.4, 0.5) is 14.9 Å². The lowest BCUT2D eigenvalue weighted by Crippen LogP contribution is -2.28. The maximum Gasteiger partial charge on any atom is 0.319 e. The van der Waals surface area contributed by atoms with Crippen LogP contribution in [0.5, 0.6) is 0 Å². The molecular formula is C17H18FN3O3S. The minimum Gasteiger partial charge on any atom is -0.334 e. The SMILES string of the molecule is NS(=O)(=O)c1ccc(CNC(=O)Nc2ccc(C3CC3)c(F)c2)cc1. The first-order chi connectivity index (χ1) is 11.8. The van der Waals surface area contributed by atoms with Crippen molar-refractivity contribution in [3.63, 3.8) is 0 Å². The van der Waals surface area contributed by atoms with Crippen LogP contribution in [0.1, 0.15) is 29.9 Å². The van der Waals surface area contributed by atoms with Gasteiger partial charge in [0.25, 0.3) is 0 Å². The summed E-state index contributed by atoms with van der Waals surface area (Å²) >= 11 is 0. The topological polar surface area (TPSA) is 101 Å². The van der Waals surface area contributed by atoms with E-state index in [1.807, 2.05) is 0 Å². The van der Waals surface area contributed by atoms with Crippen molar-refractivity contribution in [2.75, 3.05) is 5.32 Å². The summed E-state index contributed by atoms with van der Waals surface area (Å²) in [5.74, 6) is 0.00191. The minimum atomic E-state index is -3.74. The van der Waals surface area contributed by atoms with Crippen molar-refractivity contribution in [2.24, 2.45) is 5.14 Å². The lowest BCUT2D eigenvalue weighted by molar-refractivity contribution is 0.251. The molecule has 0 unspecified atom stereocenters. The zero-order chi connectivity index (χ0) is 18.0. The second-order valence-electron chi connectivity index (χ2n) is 6.01. The number of carbonyl (C=O) groups is 1. The lowest BCUT2D eigenvalue weighted by atomic mass is 10.1. The van der Waals surface area contributed by atoms with Gasteiger partial charge in [0.2, 0.25) is 10.0 Å². The number of amides is 2. The van der Waals surface area contributed by atoms with Crippen LogP contribution in [0, 0.1) is 5.82 Å². The second-order valence-corrected chi connectivity index (χ2v) is 7.57. The Morgan fingerprint density at radius 2 is 1.84 bits per heavy atom. The van der Waals surface area contributed by atoms with Gasteiger partial charge in [-0.2, -0.15) is 0 Å². The molecule has 0 bridgehead atoms. The summed E-state index contributed by atoms with van der Waals surface area (Å²) in [6.45, 7) is 0.194. The number of hydrogen-bond donors (Lipinski definition) is 3. The van der Waals surface area contributed by atoms with Gasteiger partial charge in [-0.3, -0.25) is 0 Å². The number of sulfonamides is 1. The molecule has 1 aliphatic carbocycles. The van der Waals surface area contributed by atoms with Crippen molar-refractivity contribution < 1.29 is 17.6 Å². The molecule has 1 fully saturated rings. The average Bonchev–Trinajstić information content (AvgIpc) is 3.37. The molecule has 0 heterocycles. The number of halogens is 1. The molecule has 2 aromatic carbocycles. The first-order valence-electron chi connectivity index (χ1n) is 7.79. The Kier molecular flexibility index (Phi) is 4.73. The number of anilines is 1. The molecular weight excluding hydrogens is 345 g/mol. The minimum absolute atomic E-state index is 0.00642. The standard InChI is InChI=1S/C17H18FN3O3S/c18-16-9-13(5-8-15(16)12-3-4-12)21-17(22)20-10-11-1-6-14(7-2-11)25(19,23)24/h1-2,5-9,12H,3-4,10H2,(H2,19,23,24)(H2,20,21,22). The van der Waals surface area contributed by atoms with Crippen LogP contribution in [-0.4, -0.2) is 14.4 Å². The predicted octanol–water partition coefficient (Wildman–Crippen LogP) is 2.67. The largest absolute Gasteiger partial charge is 0.334 e. The Hall–Kier alpha value is -2.45. The molecule has 0 radical (unpaired) electrons. The zero-order valence-electron chi connectivity index (χ0n) is 13.3. The highest BCUT2D eigenvalue weighted by molar-refractivity contribution is 7.89. The van der Waals surface area contributed by atoms with Crippen LogP contribution >= 0.6 is 0 Å². The Labute approximate surface area is 145 Å². The van der Waals surface area contributed by atoms with Crippen molar-refractivity contribution in [1.82, 2.24) is 5.32 Å². The third-order valence-corrected chi connectivity index (χ3v) is 4.91. The summed E-state index contributed by atoms with van der Waals surface area (Å²) in [6.07, 6.45) is 2.02. The molecule has 0 aliphatic heterocycles. The van der Waals surface area contributed by atoms with Gasteiger partial charge in [-0.15, -0.1) is 0 Å². The first kappa shape index (κ1) is 17.4. The summed E-state index contributed by atoms with van der Waals surface area (Å²) in [7, 11) is -3.74. The molecule has 1 saturated carbocycles. The van der Waals surface area contributed by atoms with E-state index in [-0.39, 0.29) is 17.3 Å². The van der Waals surface area contributed by atoms with Crippen molar-refractivity contribution in [3.05, 3.63) is 59.4 Å². The number of urea groups is 1. The Morgan fingerprint density at radius 3 is 2.40 bits per heavy atom. The van der Waals surface area contributed by atoms with E-state index in [2.05, 4.69) is 10.6 Å². The fourth-order valence-electron chi connectivity index (χ4n) is 2.48. The fourth-order valence-corrected chi connectivity index (χ4v) is 3.00. The lowest BCUT2D eigenvalue weighted by Gasteiger charge is -2.09. The van der Waals surface area contributed by atoms with Gasteiger partial charge in [-0.1, -0.05) is 18.2 Å². The molecule has 0 saturated heterocycles. The Balaban J connectivity index is 1.55. The van der Waals surface area contributed by atoms with Crippen molar-refractivity contribution in [2.45, 2.75) is 30.2 Å². The van der Waals surface area contributed by atoms with Crippen molar-refractivity contribution in [1.29, 1.82) is 0 Å². The van der Waals surface area contributed by atoms with E-state index in [9.17, 15) is 17.6 Å². The first-order valence-corrected chi connectivity index (χ1v) is 9.33. The van der Waals surface area contributed by atoms with Crippen LogP contribution in [0.2, 0.25) is 0 Å². The van der Waals surface area contributed by atoms with Gasteiger partial charge in [-0.05, 0) is 54.2 Å². The molecule has 1 aliphatic rings. The van der Waals surface area contributed by atoms with E-state index < -0.39 is 16.1 Å². The highest BCUT2D eigenvalue weighted by atomic mass is 32.2. The predicted molar refractivity (Wildman–Crippen MR) is 92.0 cm³/mol. The van der Waals surface area contributed by atoms with Gasteiger partial charge in [-0.25, -0.2) is 22.7 Å². The van der Waals surface area contributed by atoms with Crippen LogP contribution in [0.25, 0.3) is 0 Å². The summed E-state index contributed by atoms with van der Waals surface area (Å²) in [5.41, 5.74) is 1.78. The number of primary sulfonamides is 1. The second kappa shape index (κ2) is 6.81.